The Hall–Kier alpha value is -2.28. The van der Waals surface area contributed by atoms with Crippen LogP contribution >= 0.6 is 23.2 Å². The van der Waals surface area contributed by atoms with E-state index in [9.17, 15) is 9.59 Å². The Morgan fingerprint density at radius 2 is 1.79 bits per heavy atom. The smallest absolute Gasteiger partial charge is 0.253 e. The van der Waals surface area contributed by atoms with Crippen molar-refractivity contribution in [3.8, 4) is 5.75 Å². The Bertz CT molecular complexity index is 977. The van der Waals surface area contributed by atoms with E-state index in [1.807, 2.05) is 38.1 Å². The molecule has 2 atom stereocenters. The molecule has 0 aromatic heterocycles. The summed E-state index contributed by atoms with van der Waals surface area (Å²) in [6, 6.07) is 11.8. The number of para-hydroxylation sites is 1. The Kier molecular flexibility index (Phi) is 9.01. The van der Waals surface area contributed by atoms with Crippen LogP contribution in [0.2, 0.25) is 10.0 Å². The molecule has 1 heterocycles. The van der Waals surface area contributed by atoms with Crippen molar-refractivity contribution < 1.29 is 14.3 Å². The maximum absolute atomic E-state index is 13.2. The lowest BCUT2D eigenvalue weighted by atomic mass is 10.0. The second kappa shape index (κ2) is 11.7. The standard InChI is InChI=1S/C25H31Cl2N3O3/c1-16(2)23(29-24(31)18-11-10-17(26)14-20(18)27)25(32)28-15-21(30-12-6-7-13-30)19-8-4-5-9-22(19)33-3/h4-5,8-11,14,16,21,23H,6-7,12-13,15H2,1-3H3,(H,28,32)(H,29,31)/t21-,23+/m1/s1. The molecule has 8 heteroatoms. The monoisotopic (exact) mass is 491 g/mol. The molecule has 2 amide bonds. The summed E-state index contributed by atoms with van der Waals surface area (Å²) in [5, 5.41) is 6.59. The number of likely N-dealkylation sites (tertiary alicyclic amines) is 1. The molecule has 0 radical (unpaired) electrons. The lowest BCUT2D eigenvalue weighted by Gasteiger charge is -2.30. The number of amides is 2. The molecule has 0 unspecified atom stereocenters. The van der Waals surface area contributed by atoms with Gasteiger partial charge in [0.15, 0.2) is 0 Å². The number of methoxy groups -OCH3 is 1. The third-order valence-corrected chi connectivity index (χ3v) is 6.51. The molecule has 2 N–H and O–H groups in total. The second-order valence-corrected chi connectivity index (χ2v) is 9.41. The van der Waals surface area contributed by atoms with Crippen molar-refractivity contribution in [3.05, 3.63) is 63.6 Å². The van der Waals surface area contributed by atoms with Gasteiger partial charge in [0.1, 0.15) is 11.8 Å². The molecular formula is C25H31Cl2N3O3. The highest BCUT2D eigenvalue weighted by atomic mass is 35.5. The minimum absolute atomic E-state index is 0.0122. The summed E-state index contributed by atoms with van der Waals surface area (Å²) < 4.78 is 5.58. The molecule has 33 heavy (non-hydrogen) atoms. The zero-order chi connectivity index (χ0) is 24.0. The van der Waals surface area contributed by atoms with E-state index >= 15 is 0 Å². The van der Waals surface area contributed by atoms with Crippen LogP contribution in [0.4, 0.5) is 0 Å². The van der Waals surface area contributed by atoms with Gasteiger partial charge in [0.05, 0.1) is 23.7 Å². The first kappa shape index (κ1) is 25.3. The van der Waals surface area contributed by atoms with Crippen LogP contribution in [0.15, 0.2) is 42.5 Å². The van der Waals surface area contributed by atoms with Gasteiger partial charge in [0.2, 0.25) is 5.91 Å². The van der Waals surface area contributed by atoms with Gasteiger partial charge >= 0.3 is 0 Å². The van der Waals surface area contributed by atoms with E-state index in [0.29, 0.717) is 11.6 Å². The summed E-state index contributed by atoms with van der Waals surface area (Å²) in [6.07, 6.45) is 2.26. The fourth-order valence-electron chi connectivity index (χ4n) is 4.17. The summed E-state index contributed by atoms with van der Waals surface area (Å²) in [7, 11) is 1.66. The number of rotatable bonds is 9. The van der Waals surface area contributed by atoms with Crippen LogP contribution in [-0.4, -0.2) is 49.5 Å². The third-order valence-electron chi connectivity index (χ3n) is 5.96. The number of carbonyl (C=O) groups is 2. The van der Waals surface area contributed by atoms with E-state index < -0.39 is 11.9 Å². The van der Waals surface area contributed by atoms with Crippen LogP contribution < -0.4 is 15.4 Å². The topological polar surface area (TPSA) is 70.7 Å². The van der Waals surface area contributed by atoms with Crippen molar-refractivity contribution in [2.45, 2.75) is 38.8 Å². The van der Waals surface area contributed by atoms with E-state index in [-0.39, 0.29) is 28.5 Å². The van der Waals surface area contributed by atoms with Crippen LogP contribution in [0, 0.1) is 5.92 Å². The average molecular weight is 492 g/mol. The highest BCUT2D eigenvalue weighted by Crippen LogP contribution is 2.31. The number of halogens is 2. The first-order chi connectivity index (χ1) is 15.8. The van der Waals surface area contributed by atoms with Crippen molar-refractivity contribution in [2.24, 2.45) is 5.92 Å². The van der Waals surface area contributed by atoms with Gasteiger partial charge in [-0.3, -0.25) is 14.5 Å². The minimum Gasteiger partial charge on any atom is -0.496 e. The lowest BCUT2D eigenvalue weighted by Crippen LogP contribution is -2.51. The maximum Gasteiger partial charge on any atom is 0.253 e. The third kappa shape index (κ3) is 6.40. The average Bonchev–Trinajstić information content (AvgIpc) is 3.32. The Morgan fingerprint density at radius 3 is 2.42 bits per heavy atom. The molecule has 3 rings (SSSR count). The van der Waals surface area contributed by atoms with Gasteiger partial charge < -0.3 is 15.4 Å². The molecule has 0 saturated carbocycles. The van der Waals surface area contributed by atoms with Gasteiger partial charge in [0.25, 0.3) is 5.91 Å². The number of hydrogen-bond donors (Lipinski definition) is 2. The van der Waals surface area contributed by atoms with Gasteiger partial charge in [0, 0.05) is 17.1 Å². The molecule has 2 aromatic rings. The van der Waals surface area contributed by atoms with E-state index in [1.54, 1.807) is 19.2 Å². The normalized spacial score (nSPS) is 15.8. The molecule has 0 bridgehead atoms. The number of carbonyl (C=O) groups excluding carboxylic acids is 2. The van der Waals surface area contributed by atoms with Crippen molar-refractivity contribution in [2.75, 3.05) is 26.7 Å². The van der Waals surface area contributed by atoms with E-state index in [4.69, 9.17) is 27.9 Å². The van der Waals surface area contributed by atoms with Gasteiger partial charge in [-0.25, -0.2) is 0 Å². The number of hydrogen-bond acceptors (Lipinski definition) is 4. The predicted molar refractivity (Wildman–Crippen MR) is 132 cm³/mol. The van der Waals surface area contributed by atoms with E-state index in [0.717, 1.165) is 37.2 Å². The summed E-state index contributed by atoms with van der Waals surface area (Å²) in [5.41, 5.74) is 1.32. The molecule has 6 nitrogen and oxygen atoms in total. The van der Waals surface area contributed by atoms with Crippen molar-refractivity contribution in [1.82, 2.24) is 15.5 Å². The number of benzene rings is 2. The quantitative estimate of drug-likeness (QED) is 0.532. The van der Waals surface area contributed by atoms with Crippen molar-refractivity contribution in [1.29, 1.82) is 0 Å². The molecule has 1 aliphatic rings. The largest absolute Gasteiger partial charge is 0.496 e. The zero-order valence-corrected chi connectivity index (χ0v) is 20.7. The van der Waals surface area contributed by atoms with Crippen LogP contribution in [0.25, 0.3) is 0 Å². The Morgan fingerprint density at radius 1 is 1.09 bits per heavy atom. The van der Waals surface area contributed by atoms with Gasteiger partial charge in [-0.1, -0.05) is 55.2 Å². The summed E-state index contributed by atoms with van der Waals surface area (Å²) in [4.78, 5) is 28.3. The van der Waals surface area contributed by atoms with Crippen molar-refractivity contribution in [3.63, 3.8) is 0 Å². The summed E-state index contributed by atoms with van der Waals surface area (Å²) in [6.45, 7) is 6.15. The maximum atomic E-state index is 13.2. The van der Waals surface area contributed by atoms with Crippen LogP contribution in [0.1, 0.15) is 48.7 Å². The fraction of sp³-hybridized carbons (Fsp3) is 0.440. The lowest BCUT2D eigenvalue weighted by molar-refractivity contribution is -0.124. The molecule has 1 saturated heterocycles. The van der Waals surface area contributed by atoms with Crippen molar-refractivity contribution >= 4 is 35.0 Å². The molecule has 178 valence electrons. The van der Waals surface area contributed by atoms with Crippen LogP contribution in [-0.2, 0) is 4.79 Å². The number of nitrogens with zero attached hydrogens (tertiary/aromatic N) is 1. The molecule has 2 aromatic carbocycles. The number of nitrogens with one attached hydrogen (secondary N) is 2. The van der Waals surface area contributed by atoms with Crippen LogP contribution in [0.5, 0.6) is 5.75 Å². The van der Waals surface area contributed by atoms with Gasteiger partial charge in [-0.05, 0) is 56.1 Å². The zero-order valence-electron chi connectivity index (χ0n) is 19.2. The fourth-order valence-corrected chi connectivity index (χ4v) is 4.66. The van der Waals surface area contributed by atoms with Gasteiger partial charge in [-0.2, -0.15) is 0 Å². The number of ether oxygens (including phenoxy) is 1. The molecular weight excluding hydrogens is 461 g/mol. The van der Waals surface area contributed by atoms with Gasteiger partial charge in [-0.15, -0.1) is 0 Å². The summed E-state index contributed by atoms with van der Waals surface area (Å²) in [5.74, 6) is 0.0418. The summed E-state index contributed by atoms with van der Waals surface area (Å²) >= 11 is 12.1. The Balaban J connectivity index is 1.73. The second-order valence-electron chi connectivity index (χ2n) is 8.57. The molecule has 0 spiro atoms. The first-order valence-corrected chi connectivity index (χ1v) is 12.0. The predicted octanol–water partition coefficient (Wildman–Crippen LogP) is 4.71. The highest BCUT2D eigenvalue weighted by Gasteiger charge is 2.29. The van der Waals surface area contributed by atoms with E-state index in [1.165, 1.54) is 6.07 Å². The first-order valence-electron chi connectivity index (χ1n) is 11.2. The molecule has 1 fully saturated rings. The Labute approximate surface area is 205 Å². The molecule has 1 aliphatic heterocycles. The van der Waals surface area contributed by atoms with Crippen LogP contribution in [0.3, 0.4) is 0 Å². The SMILES string of the molecule is COc1ccccc1[C@@H](CNC(=O)[C@@H](NC(=O)c1ccc(Cl)cc1Cl)C(C)C)N1CCCC1. The highest BCUT2D eigenvalue weighted by molar-refractivity contribution is 6.36. The minimum atomic E-state index is -0.707. The molecule has 0 aliphatic carbocycles. The van der Waals surface area contributed by atoms with E-state index in [2.05, 4.69) is 15.5 Å².